The second-order valence-electron chi connectivity index (χ2n) is 2.02. The van der Waals surface area contributed by atoms with Crippen molar-refractivity contribution in [2.24, 2.45) is 0 Å². The second kappa shape index (κ2) is 4.97. The van der Waals surface area contributed by atoms with Crippen LogP contribution in [0.4, 0.5) is 5.69 Å². The van der Waals surface area contributed by atoms with Crippen LogP contribution in [0.25, 0.3) is 0 Å². The summed E-state index contributed by atoms with van der Waals surface area (Å²) in [6, 6.07) is 1.89. The molecule has 0 amide bonds. The molecule has 5 heteroatoms. The molecule has 1 nitrogen and oxygen atoms in total. The first-order valence-electron chi connectivity index (χ1n) is 3.15. The molecule has 0 bridgehead atoms. The molecule has 0 saturated carbocycles. The molecule has 0 aliphatic heterocycles. The van der Waals surface area contributed by atoms with Gasteiger partial charge in [-0.05, 0) is 11.4 Å². The minimum absolute atomic E-state index is 0.501. The monoisotopic (exact) mass is 241 g/mol. The van der Waals surface area contributed by atoms with Crippen molar-refractivity contribution in [1.29, 1.82) is 0 Å². The zero-order chi connectivity index (χ0) is 8.97. The van der Waals surface area contributed by atoms with Gasteiger partial charge in [0.2, 0.25) is 0 Å². The lowest BCUT2D eigenvalue weighted by Crippen LogP contribution is -1.99. The molecule has 1 rings (SSSR count). The summed E-state index contributed by atoms with van der Waals surface area (Å²) in [5.74, 6) is 0. The molecule has 0 fully saturated rings. The standard InChI is InChI=1S/C7H6Cl3NS/c8-3-5(9)4-11-6-1-2-12-7(6)10/h1-3,11H,4H2/b5-3+. The number of halogens is 3. The van der Waals surface area contributed by atoms with E-state index in [2.05, 4.69) is 5.32 Å². The van der Waals surface area contributed by atoms with Crippen LogP contribution < -0.4 is 5.32 Å². The van der Waals surface area contributed by atoms with E-state index in [1.807, 2.05) is 11.4 Å². The van der Waals surface area contributed by atoms with E-state index in [4.69, 9.17) is 34.8 Å². The third-order valence-electron chi connectivity index (χ3n) is 1.18. The van der Waals surface area contributed by atoms with Crippen molar-refractivity contribution in [3.63, 3.8) is 0 Å². The summed E-state index contributed by atoms with van der Waals surface area (Å²) < 4.78 is 0.731. The van der Waals surface area contributed by atoms with Crippen molar-refractivity contribution in [3.05, 3.63) is 26.4 Å². The van der Waals surface area contributed by atoms with Crippen molar-refractivity contribution in [3.8, 4) is 0 Å². The fourth-order valence-corrected chi connectivity index (χ4v) is 1.66. The molecule has 0 aromatic carbocycles. The van der Waals surface area contributed by atoms with E-state index in [0.717, 1.165) is 10.0 Å². The molecule has 0 saturated heterocycles. The molecule has 0 unspecified atom stereocenters. The summed E-state index contributed by atoms with van der Waals surface area (Å²) in [5, 5.41) is 5.50. The van der Waals surface area contributed by atoms with E-state index in [9.17, 15) is 0 Å². The molecule has 1 heterocycles. The lowest BCUT2D eigenvalue weighted by atomic mass is 10.5. The zero-order valence-electron chi connectivity index (χ0n) is 5.98. The molecule has 1 N–H and O–H groups in total. The van der Waals surface area contributed by atoms with E-state index in [1.54, 1.807) is 0 Å². The highest BCUT2D eigenvalue weighted by Crippen LogP contribution is 2.27. The van der Waals surface area contributed by atoms with Gasteiger partial charge in [-0.25, -0.2) is 0 Å². The Morgan fingerprint density at radius 1 is 1.67 bits per heavy atom. The molecule has 0 aliphatic rings. The highest BCUT2D eigenvalue weighted by Gasteiger charge is 1.99. The maximum atomic E-state index is 5.83. The molecule has 0 spiro atoms. The van der Waals surface area contributed by atoms with Crippen molar-refractivity contribution in [2.75, 3.05) is 11.9 Å². The van der Waals surface area contributed by atoms with Crippen LogP contribution in [0.1, 0.15) is 0 Å². The Hall–Kier alpha value is 0.110. The third kappa shape index (κ3) is 2.87. The number of hydrogen-bond acceptors (Lipinski definition) is 2. The van der Waals surface area contributed by atoms with Gasteiger partial charge in [-0.3, -0.25) is 0 Å². The summed E-state index contributed by atoms with van der Waals surface area (Å²) >= 11 is 18.3. The average Bonchev–Trinajstić information content (AvgIpc) is 2.47. The normalized spacial score (nSPS) is 11.8. The van der Waals surface area contributed by atoms with Gasteiger partial charge in [0.25, 0.3) is 0 Å². The third-order valence-corrected chi connectivity index (χ3v) is 2.97. The number of rotatable bonds is 3. The topological polar surface area (TPSA) is 12.0 Å². The molecule has 1 aromatic heterocycles. The summed E-state index contributed by atoms with van der Waals surface area (Å²) in [5.41, 5.74) is 2.22. The predicted octanol–water partition coefficient (Wildman–Crippen LogP) is 4.13. The van der Waals surface area contributed by atoms with Gasteiger partial charge in [-0.1, -0.05) is 34.8 Å². The Morgan fingerprint density at radius 3 is 2.92 bits per heavy atom. The van der Waals surface area contributed by atoms with Crippen LogP contribution in [0.3, 0.4) is 0 Å². The predicted molar refractivity (Wildman–Crippen MR) is 57.6 cm³/mol. The Kier molecular flexibility index (Phi) is 4.22. The van der Waals surface area contributed by atoms with E-state index in [-0.39, 0.29) is 0 Å². The molecular weight excluding hydrogens is 237 g/mol. The fraction of sp³-hybridized carbons (Fsp3) is 0.143. The van der Waals surface area contributed by atoms with Crippen LogP contribution in [-0.2, 0) is 0 Å². The Balaban J connectivity index is 2.49. The van der Waals surface area contributed by atoms with E-state index in [0.29, 0.717) is 11.6 Å². The summed E-state index contributed by atoms with van der Waals surface area (Å²) in [6.07, 6.45) is 0. The van der Waals surface area contributed by atoms with Crippen LogP contribution >= 0.6 is 46.1 Å². The molecule has 0 atom stereocenters. The van der Waals surface area contributed by atoms with Gasteiger partial charge in [0, 0.05) is 10.6 Å². The summed E-state index contributed by atoms with van der Waals surface area (Å²) in [7, 11) is 0. The molecular formula is C7H6Cl3NS. The Labute approximate surface area is 89.9 Å². The van der Waals surface area contributed by atoms with Crippen molar-refractivity contribution >= 4 is 51.8 Å². The van der Waals surface area contributed by atoms with Gasteiger partial charge >= 0.3 is 0 Å². The maximum absolute atomic E-state index is 5.83. The molecule has 0 aliphatic carbocycles. The minimum Gasteiger partial charge on any atom is -0.378 e. The van der Waals surface area contributed by atoms with Gasteiger partial charge in [0.15, 0.2) is 0 Å². The fourth-order valence-electron chi connectivity index (χ4n) is 0.637. The number of anilines is 1. The SMILES string of the molecule is Cl/C=C(/Cl)CNc1ccsc1Cl. The van der Waals surface area contributed by atoms with Crippen LogP contribution in [0.15, 0.2) is 22.0 Å². The van der Waals surface area contributed by atoms with Crippen LogP contribution in [0.5, 0.6) is 0 Å². The van der Waals surface area contributed by atoms with Gasteiger partial charge in [-0.15, -0.1) is 11.3 Å². The summed E-state index contributed by atoms with van der Waals surface area (Å²) in [4.78, 5) is 0. The molecule has 12 heavy (non-hydrogen) atoms. The first-order valence-corrected chi connectivity index (χ1v) is 5.23. The lowest BCUT2D eigenvalue weighted by Gasteiger charge is -2.01. The highest BCUT2D eigenvalue weighted by atomic mass is 35.5. The number of thiophene rings is 1. The van der Waals surface area contributed by atoms with E-state index >= 15 is 0 Å². The average molecular weight is 243 g/mol. The molecule has 1 aromatic rings. The first-order chi connectivity index (χ1) is 5.74. The largest absolute Gasteiger partial charge is 0.378 e. The van der Waals surface area contributed by atoms with Crippen LogP contribution in [-0.4, -0.2) is 6.54 Å². The molecule has 66 valence electrons. The van der Waals surface area contributed by atoms with Gasteiger partial charge in [0.1, 0.15) is 4.34 Å². The van der Waals surface area contributed by atoms with Gasteiger partial charge < -0.3 is 5.32 Å². The van der Waals surface area contributed by atoms with Crippen LogP contribution in [0.2, 0.25) is 4.34 Å². The zero-order valence-corrected chi connectivity index (χ0v) is 9.07. The number of nitrogens with one attached hydrogen (secondary N) is 1. The van der Waals surface area contributed by atoms with Crippen molar-refractivity contribution in [1.82, 2.24) is 0 Å². The van der Waals surface area contributed by atoms with Gasteiger partial charge in [0.05, 0.1) is 12.2 Å². The highest BCUT2D eigenvalue weighted by molar-refractivity contribution is 7.15. The van der Waals surface area contributed by atoms with Crippen molar-refractivity contribution < 1.29 is 0 Å². The smallest absolute Gasteiger partial charge is 0.116 e. The number of hydrogen-bond donors (Lipinski definition) is 1. The van der Waals surface area contributed by atoms with Crippen LogP contribution in [0, 0.1) is 0 Å². The summed E-state index contributed by atoms with van der Waals surface area (Å²) in [6.45, 7) is 0.501. The Bertz CT molecular complexity index is 282. The lowest BCUT2D eigenvalue weighted by molar-refractivity contribution is 1.32. The van der Waals surface area contributed by atoms with Gasteiger partial charge in [-0.2, -0.15) is 0 Å². The maximum Gasteiger partial charge on any atom is 0.116 e. The van der Waals surface area contributed by atoms with E-state index in [1.165, 1.54) is 16.9 Å². The molecule has 0 radical (unpaired) electrons. The van der Waals surface area contributed by atoms with E-state index < -0.39 is 0 Å². The minimum atomic E-state index is 0.501. The second-order valence-corrected chi connectivity index (χ2v) is 4.24. The first kappa shape index (κ1) is 10.2. The quantitative estimate of drug-likeness (QED) is 0.840. The van der Waals surface area contributed by atoms with Crippen molar-refractivity contribution in [2.45, 2.75) is 0 Å². The Morgan fingerprint density at radius 2 is 2.42 bits per heavy atom.